The van der Waals surface area contributed by atoms with Crippen LogP contribution in [-0.4, -0.2) is 45.0 Å². The minimum Gasteiger partial charge on any atom is -0.490 e. The molecule has 6 heteroatoms. The molecule has 1 aliphatic carbocycles. The Morgan fingerprint density at radius 3 is 2.35 bits per heavy atom. The lowest BCUT2D eigenvalue weighted by atomic mass is 9.78. The van der Waals surface area contributed by atoms with Gasteiger partial charge in [0, 0.05) is 19.6 Å². The zero-order chi connectivity index (χ0) is 15.9. The van der Waals surface area contributed by atoms with Crippen molar-refractivity contribution in [3.63, 3.8) is 0 Å². The Morgan fingerprint density at radius 1 is 1.09 bits per heavy atom. The number of nitrogens with one attached hydrogen (secondary N) is 1. The van der Waals surface area contributed by atoms with Gasteiger partial charge in [0.05, 0.1) is 11.0 Å². The molecule has 1 saturated carbocycles. The van der Waals surface area contributed by atoms with Crippen LogP contribution in [0.5, 0.6) is 5.75 Å². The molecular formula is C17H24N2O3S. The molecule has 1 N–H and O–H groups in total. The second-order valence-corrected chi connectivity index (χ2v) is 9.06. The highest BCUT2D eigenvalue weighted by molar-refractivity contribution is 7.89. The first-order valence-electron chi connectivity index (χ1n) is 8.55. The third-order valence-electron chi connectivity index (χ3n) is 5.40. The largest absolute Gasteiger partial charge is 0.490 e. The van der Waals surface area contributed by atoms with E-state index in [9.17, 15) is 8.42 Å². The van der Waals surface area contributed by atoms with Crippen LogP contribution in [0.3, 0.4) is 0 Å². The molecule has 4 rings (SSSR count). The molecule has 0 bridgehead atoms. The van der Waals surface area contributed by atoms with Crippen molar-refractivity contribution < 1.29 is 13.2 Å². The number of sulfonamides is 1. The minimum atomic E-state index is -3.38. The molecular weight excluding hydrogens is 312 g/mol. The van der Waals surface area contributed by atoms with Gasteiger partial charge in [0.2, 0.25) is 10.0 Å². The fourth-order valence-corrected chi connectivity index (χ4v) is 5.08. The Labute approximate surface area is 138 Å². The van der Waals surface area contributed by atoms with Crippen molar-refractivity contribution in [2.45, 2.75) is 43.1 Å². The van der Waals surface area contributed by atoms with Crippen molar-refractivity contribution in [1.29, 1.82) is 0 Å². The van der Waals surface area contributed by atoms with Crippen LogP contribution in [0.2, 0.25) is 0 Å². The molecule has 2 saturated heterocycles. The molecule has 2 heterocycles. The average Bonchev–Trinajstić information content (AvgIpc) is 3.26. The van der Waals surface area contributed by atoms with Gasteiger partial charge in [0.25, 0.3) is 0 Å². The van der Waals surface area contributed by atoms with Gasteiger partial charge < -0.3 is 10.1 Å². The van der Waals surface area contributed by atoms with Crippen LogP contribution in [0, 0.1) is 5.41 Å². The highest BCUT2D eigenvalue weighted by Crippen LogP contribution is 2.38. The third kappa shape index (κ3) is 3.12. The number of nitrogens with zero attached hydrogens (tertiary/aromatic N) is 1. The monoisotopic (exact) mass is 336 g/mol. The van der Waals surface area contributed by atoms with Crippen LogP contribution in [0.1, 0.15) is 32.1 Å². The smallest absolute Gasteiger partial charge is 0.243 e. The van der Waals surface area contributed by atoms with E-state index in [1.54, 1.807) is 28.6 Å². The maximum absolute atomic E-state index is 12.8. The van der Waals surface area contributed by atoms with Gasteiger partial charge in [-0.15, -0.1) is 0 Å². The summed E-state index contributed by atoms with van der Waals surface area (Å²) in [5.74, 6) is 0.765. The van der Waals surface area contributed by atoms with Crippen LogP contribution < -0.4 is 10.1 Å². The first-order chi connectivity index (χ1) is 11.1. The van der Waals surface area contributed by atoms with Gasteiger partial charge >= 0.3 is 0 Å². The van der Waals surface area contributed by atoms with E-state index in [0.29, 0.717) is 29.5 Å². The molecule has 23 heavy (non-hydrogen) atoms. The van der Waals surface area contributed by atoms with Crippen LogP contribution in [0.4, 0.5) is 0 Å². The number of hydrogen-bond donors (Lipinski definition) is 1. The minimum absolute atomic E-state index is 0.327. The van der Waals surface area contributed by atoms with Crippen LogP contribution in [0.15, 0.2) is 29.2 Å². The number of hydrogen-bond acceptors (Lipinski definition) is 4. The summed E-state index contributed by atoms with van der Waals surface area (Å²) in [5.41, 5.74) is 0.327. The summed E-state index contributed by atoms with van der Waals surface area (Å²) in [5, 5.41) is 3.41. The molecule has 5 nitrogen and oxygen atoms in total. The summed E-state index contributed by atoms with van der Waals surface area (Å²) in [6.45, 7) is 3.36. The topological polar surface area (TPSA) is 58.6 Å². The maximum atomic E-state index is 12.8. The summed E-state index contributed by atoms with van der Waals surface area (Å²) in [6, 6.07) is 6.90. The fraction of sp³-hybridized carbons (Fsp3) is 0.647. The Kier molecular flexibility index (Phi) is 3.86. The molecule has 0 unspecified atom stereocenters. The molecule has 0 amide bonds. The fourth-order valence-electron chi connectivity index (χ4n) is 3.64. The lowest BCUT2D eigenvalue weighted by Gasteiger charge is -2.38. The van der Waals surface area contributed by atoms with Crippen LogP contribution in [0.25, 0.3) is 0 Å². The summed E-state index contributed by atoms with van der Waals surface area (Å²) < 4.78 is 32.9. The molecule has 0 atom stereocenters. The molecule has 0 aromatic heterocycles. The van der Waals surface area contributed by atoms with Gasteiger partial charge in [-0.1, -0.05) is 0 Å². The standard InChI is InChI=1S/C17H24N2O3S/c20-23(21,16-5-3-15(4-6-16)22-14-1-2-14)19-11-8-17(9-12-19)7-10-18-13-17/h3-6,14,18H,1-2,7-13H2. The first kappa shape index (κ1) is 15.4. The van der Waals surface area contributed by atoms with E-state index < -0.39 is 10.0 Å². The van der Waals surface area contributed by atoms with Crippen LogP contribution >= 0.6 is 0 Å². The Balaban J connectivity index is 1.44. The highest BCUT2D eigenvalue weighted by atomic mass is 32.2. The summed E-state index contributed by atoms with van der Waals surface area (Å²) in [4.78, 5) is 0.376. The Morgan fingerprint density at radius 2 is 1.78 bits per heavy atom. The normalized spacial score (nSPS) is 24.9. The van der Waals surface area contributed by atoms with E-state index in [4.69, 9.17) is 4.74 Å². The van der Waals surface area contributed by atoms with Crippen molar-refractivity contribution >= 4 is 10.0 Å². The lowest BCUT2D eigenvalue weighted by Crippen LogP contribution is -2.43. The van der Waals surface area contributed by atoms with E-state index in [-0.39, 0.29) is 0 Å². The average molecular weight is 336 g/mol. The van der Waals surface area contributed by atoms with Crippen molar-refractivity contribution in [1.82, 2.24) is 9.62 Å². The van der Waals surface area contributed by atoms with E-state index in [1.807, 2.05) is 0 Å². The summed E-state index contributed by atoms with van der Waals surface area (Å²) >= 11 is 0. The molecule has 3 aliphatic rings. The maximum Gasteiger partial charge on any atom is 0.243 e. The highest BCUT2D eigenvalue weighted by Gasteiger charge is 2.40. The number of ether oxygens (including phenoxy) is 1. The predicted octanol–water partition coefficient (Wildman–Crippen LogP) is 1.99. The number of piperidine rings is 1. The van der Waals surface area contributed by atoms with Gasteiger partial charge in [-0.05, 0) is 68.3 Å². The van der Waals surface area contributed by atoms with E-state index >= 15 is 0 Å². The van der Waals surface area contributed by atoms with Gasteiger partial charge in [0.15, 0.2) is 0 Å². The van der Waals surface area contributed by atoms with Gasteiger partial charge in [-0.2, -0.15) is 4.31 Å². The quantitative estimate of drug-likeness (QED) is 0.913. The van der Waals surface area contributed by atoms with Gasteiger partial charge in [0.1, 0.15) is 5.75 Å². The molecule has 1 spiro atoms. The Bertz CT molecular complexity index is 652. The zero-order valence-corrected chi connectivity index (χ0v) is 14.1. The van der Waals surface area contributed by atoms with Gasteiger partial charge in [-0.25, -0.2) is 8.42 Å². The van der Waals surface area contributed by atoms with Crippen LogP contribution in [-0.2, 0) is 10.0 Å². The third-order valence-corrected chi connectivity index (χ3v) is 7.32. The molecule has 0 radical (unpaired) electrons. The number of benzene rings is 1. The molecule has 1 aromatic rings. The van der Waals surface area contributed by atoms with Crippen molar-refractivity contribution in [2.24, 2.45) is 5.41 Å². The number of rotatable bonds is 4. The van der Waals surface area contributed by atoms with Gasteiger partial charge in [-0.3, -0.25) is 0 Å². The summed E-state index contributed by atoms with van der Waals surface area (Å²) in [7, 11) is -3.38. The molecule has 126 valence electrons. The van der Waals surface area contributed by atoms with E-state index in [2.05, 4.69) is 5.32 Å². The summed E-state index contributed by atoms with van der Waals surface area (Å²) in [6.07, 6.45) is 5.63. The predicted molar refractivity (Wildman–Crippen MR) is 88.0 cm³/mol. The van der Waals surface area contributed by atoms with Crippen molar-refractivity contribution in [2.75, 3.05) is 26.2 Å². The second kappa shape index (κ2) is 5.76. The zero-order valence-electron chi connectivity index (χ0n) is 13.3. The van der Waals surface area contributed by atoms with E-state index in [1.165, 1.54) is 6.42 Å². The molecule has 2 aliphatic heterocycles. The Hall–Kier alpha value is -1.11. The molecule has 3 fully saturated rings. The van der Waals surface area contributed by atoms with Crippen molar-refractivity contribution in [3.05, 3.63) is 24.3 Å². The first-order valence-corrected chi connectivity index (χ1v) is 9.99. The lowest BCUT2D eigenvalue weighted by molar-refractivity contribution is 0.175. The van der Waals surface area contributed by atoms with Crippen molar-refractivity contribution in [3.8, 4) is 5.75 Å². The SMILES string of the molecule is O=S(=O)(c1ccc(OC2CC2)cc1)N1CCC2(CCNC2)CC1. The second-order valence-electron chi connectivity index (χ2n) is 7.12. The van der Waals surface area contributed by atoms with E-state index in [0.717, 1.165) is 44.5 Å². The molecule has 1 aromatic carbocycles.